The highest BCUT2D eigenvalue weighted by molar-refractivity contribution is 6.01. The maximum Gasteiger partial charge on any atom is 0.339 e. The molecule has 0 saturated carbocycles. The Kier molecular flexibility index (Phi) is 5.67. The minimum atomic E-state index is -0.620. The van der Waals surface area contributed by atoms with Gasteiger partial charge in [-0.2, -0.15) is 0 Å². The molecule has 1 aromatic carbocycles. The fourth-order valence-electron chi connectivity index (χ4n) is 2.12. The van der Waals surface area contributed by atoms with Gasteiger partial charge >= 0.3 is 11.9 Å². The maximum atomic E-state index is 12.2. The topological polar surface area (TPSA) is 104 Å². The van der Waals surface area contributed by atoms with Gasteiger partial charge in [0.05, 0.1) is 31.0 Å². The third kappa shape index (κ3) is 4.31. The number of amides is 1. The minimum absolute atomic E-state index is 0.143. The van der Waals surface area contributed by atoms with Crippen LogP contribution >= 0.6 is 0 Å². The molecule has 8 nitrogen and oxygen atoms in total. The first-order valence-corrected chi connectivity index (χ1v) is 7.22. The first-order chi connectivity index (χ1) is 12.0. The monoisotopic (exact) mass is 344 g/mol. The van der Waals surface area contributed by atoms with Crippen molar-refractivity contribution >= 4 is 23.5 Å². The number of benzene rings is 1. The van der Waals surface area contributed by atoms with Crippen LogP contribution in [-0.2, 0) is 20.8 Å². The summed E-state index contributed by atoms with van der Waals surface area (Å²) in [5.41, 5.74) is 0.138. The molecule has 1 N–H and O–H groups in total. The zero-order chi connectivity index (χ0) is 18.4. The first kappa shape index (κ1) is 17.9. The minimum Gasteiger partial charge on any atom is -0.465 e. The van der Waals surface area contributed by atoms with E-state index in [-0.39, 0.29) is 23.4 Å². The molecule has 0 fully saturated rings. The van der Waals surface area contributed by atoms with Gasteiger partial charge in [-0.25, -0.2) is 9.59 Å². The lowest BCUT2D eigenvalue weighted by Gasteiger charge is -2.11. The number of carbonyl (C=O) groups excluding carboxylic acids is 3. The van der Waals surface area contributed by atoms with Crippen LogP contribution in [-0.4, -0.2) is 36.6 Å². The Balaban J connectivity index is 2.20. The largest absolute Gasteiger partial charge is 0.465 e. The molecule has 1 amide bonds. The summed E-state index contributed by atoms with van der Waals surface area (Å²) < 4.78 is 10.3. The van der Waals surface area contributed by atoms with Crippen molar-refractivity contribution in [2.75, 3.05) is 19.5 Å². The Morgan fingerprint density at radius 2 is 1.68 bits per heavy atom. The summed E-state index contributed by atoms with van der Waals surface area (Å²) in [6.45, 7) is -0.334. The van der Waals surface area contributed by atoms with E-state index in [9.17, 15) is 19.2 Å². The number of nitrogens with zero attached hydrogens (tertiary/aromatic N) is 1. The Morgan fingerprint density at radius 1 is 1.00 bits per heavy atom. The molecule has 0 aliphatic heterocycles. The van der Waals surface area contributed by atoms with E-state index in [0.29, 0.717) is 0 Å². The molecule has 25 heavy (non-hydrogen) atoms. The van der Waals surface area contributed by atoms with Crippen molar-refractivity contribution in [3.63, 3.8) is 0 Å². The molecule has 0 aliphatic carbocycles. The van der Waals surface area contributed by atoms with Crippen LogP contribution in [0.25, 0.3) is 0 Å². The molecule has 1 heterocycles. The number of rotatable bonds is 5. The molecule has 0 bridgehead atoms. The van der Waals surface area contributed by atoms with E-state index in [1.807, 2.05) is 0 Å². The molecular formula is C17H16N2O6. The van der Waals surface area contributed by atoms with Crippen LogP contribution in [0.1, 0.15) is 20.7 Å². The van der Waals surface area contributed by atoms with E-state index in [4.69, 9.17) is 0 Å². The number of esters is 2. The second kappa shape index (κ2) is 7.91. The molecular weight excluding hydrogens is 328 g/mol. The second-order valence-corrected chi connectivity index (χ2v) is 4.96. The number of hydrogen-bond acceptors (Lipinski definition) is 6. The molecule has 2 rings (SSSR count). The molecule has 0 radical (unpaired) electrons. The summed E-state index contributed by atoms with van der Waals surface area (Å²) in [6.07, 6.45) is 1.24. The summed E-state index contributed by atoms with van der Waals surface area (Å²) in [7, 11) is 2.45. The highest BCUT2D eigenvalue weighted by Gasteiger charge is 2.14. The van der Waals surface area contributed by atoms with E-state index < -0.39 is 23.4 Å². The van der Waals surface area contributed by atoms with Crippen molar-refractivity contribution in [1.82, 2.24) is 4.57 Å². The smallest absolute Gasteiger partial charge is 0.339 e. The summed E-state index contributed by atoms with van der Waals surface area (Å²) in [6, 6.07) is 8.80. The first-order valence-electron chi connectivity index (χ1n) is 7.22. The van der Waals surface area contributed by atoms with Crippen LogP contribution in [0.3, 0.4) is 0 Å². The molecule has 130 valence electrons. The lowest BCUT2D eigenvalue weighted by Crippen LogP contribution is -2.28. The molecule has 1 aromatic heterocycles. The van der Waals surface area contributed by atoms with Crippen LogP contribution in [0, 0.1) is 0 Å². The second-order valence-electron chi connectivity index (χ2n) is 4.96. The molecule has 0 saturated heterocycles. The Labute approximate surface area is 143 Å². The maximum absolute atomic E-state index is 12.2. The van der Waals surface area contributed by atoms with Crippen LogP contribution in [0.15, 0.2) is 47.4 Å². The average molecular weight is 344 g/mol. The molecule has 0 unspecified atom stereocenters. The number of pyridine rings is 1. The van der Waals surface area contributed by atoms with Crippen LogP contribution < -0.4 is 10.9 Å². The van der Waals surface area contributed by atoms with Gasteiger partial charge in [0.2, 0.25) is 5.91 Å². The SMILES string of the molecule is COC(=O)c1ccc(=O)n(CC(=O)Nc2ccccc2C(=O)OC)c1. The lowest BCUT2D eigenvalue weighted by atomic mass is 10.2. The van der Waals surface area contributed by atoms with E-state index in [2.05, 4.69) is 14.8 Å². The van der Waals surface area contributed by atoms with Gasteiger partial charge < -0.3 is 19.4 Å². The third-order valence-electron chi connectivity index (χ3n) is 3.32. The zero-order valence-electron chi connectivity index (χ0n) is 13.6. The van der Waals surface area contributed by atoms with Crippen molar-refractivity contribution in [3.05, 3.63) is 64.1 Å². The van der Waals surface area contributed by atoms with E-state index in [1.54, 1.807) is 12.1 Å². The molecule has 0 atom stereocenters. The Hall–Kier alpha value is -3.42. The number of nitrogens with one attached hydrogen (secondary N) is 1. The van der Waals surface area contributed by atoms with Crippen LogP contribution in [0.4, 0.5) is 5.69 Å². The fourth-order valence-corrected chi connectivity index (χ4v) is 2.12. The van der Waals surface area contributed by atoms with E-state index in [0.717, 1.165) is 4.57 Å². The summed E-state index contributed by atoms with van der Waals surface area (Å²) in [5, 5.41) is 2.55. The summed E-state index contributed by atoms with van der Waals surface area (Å²) in [4.78, 5) is 47.3. The van der Waals surface area contributed by atoms with Crippen molar-refractivity contribution in [2.24, 2.45) is 0 Å². The summed E-state index contributed by atoms with van der Waals surface area (Å²) in [5.74, 6) is -1.76. The zero-order valence-corrected chi connectivity index (χ0v) is 13.6. The van der Waals surface area contributed by atoms with Crippen molar-refractivity contribution in [2.45, 2.75) is 6.54 Å². The standard InChI is InChI=1S/C17H16N2O6/c1-24-16(22)11-7-8-15(21)19(9-11)10-14(20)18-13-6-4-3-5-12(13)17(23)25-2/h3-9H,10H2,1-2H3,(H,18,20). The average Bonchev–Trinajstić information content (AvgIpc) is 2.62. The predicted octanol–water partition coefficient (Wildman–Crippen LogP) is 1.06. The number of para-hydroxylation sites is 1. The van der Waals surface area contributed by atoms with Crippen molar-refractivity contribution in [1.29, 1.82) is 0 Å². The highest BCUT2D eigenvalue weighted by Crippen LogP contribution is 2.16. The van der Waals surface area contributed by atoms with Gasteiger partial charge in [-0.1, -0.05) is 12.1 Å². The number of methoxy groups -OCH3 is 2. The fraction of sp³-hybridized carbons (Fsp3) is 0.176. The number of aromatic nitrogens is 1. The van der Waals surface area contributed by atoms with Crippen molar-refractivity contribution in [3.8, 4) is 0 Å². The molecule has 0 spiro atoms. The van der Waals surface area contributed by atoms with E-state index in [1.165, 1.54) is 44.7 Å². The van der Waals surface area contributed by atoms with Gasteiger partial charge in [0, 0.05) is 12.3 Å². The third-order valence-corrected chi connectivity index (χ3v) is 3.32. The van der Waals surface area contributed by atoms with Gasteiger partial charge in [-0.3, -0.25) is 9.59 Å². The van der Waals surface area contributed by atoms with Gasteiger partial charge in [0.1, 0.15) is 6.54 Å². The molecule has 0 aliphatic rings. The normalized spacial score (nSPS) is 10.0. The van der Waals surface area contributed by atoms with Crippen LogP contribution in [0.2, 0.25) is 0 Å². The molecule has 2 aromatic rings. The quantitative estimate of drug-likeness (QED) is 0.814. The Bertz CT molecular complexity index is 871. The highest BCUT2D eigenvalue weighted by atomic mass is 16.5. The Morgan fingerprint density at radius 3 is 2.36 bits per heavy atom. The molecule has 8 heteroatoms. The van der Waals surface area contributed by atoms with Gasteiger partial charge in [-0.15, -0.1) is 0 Å². The van der Waals surface area contributed by atoms with E-state index >= 15 is 0 Å². The number of hydrogen-bond donors (Lipinski definition) is 1. The number of anilines is 1. The number of ether oxygens (including phenoxy) is 2. The predicted molar refractivity (Wildman–Crippen MR) is 88.5 cm³/mol. The van der Waals surface area contributed by atoms with Gasteiger partial charge in [0.15, 0.2) is 0 Å². The van der Waals surface area contributed by atoms with Crippen LogP contribution in [0.5, 0.6) is 0 Å². The van der Waals surface area contributed by atoms with Gasteiger partial charge in [-0.05, 0) is 18.2 Å². The lowest BCUT2D eigenvalue weighted by molar-refractivity contribution is -0.116. The number of carbonyl (C=O) groups is 3. The van der Waals surface area contributed by atoms with Gasteiger partial charge in [0.25, 0.3) is 5.56 Å². The van der Waals surface area contributed by atoms with Crippen molar-refractivity contribution < 1.29 is 23.9 Å². The summed E-state index contributed by atoms with van der Waals surface area (Å²) >= 11 is 0.